The van der Waals surface area contributed by atoms with Crippen molar-refractivity contribution in [3.63, 3.8) is 0 Å². The lowest BCUT2D eigenvalue weighted by atomic mass is 9.74. The van der Waals surface area contributed by atoms with Crippen molar-refractivity contribution in [1.82, 2.24) is 5.32 Å². The molecule has 1 fully saturated rings. The first-order valence-corrected chi connectivity index (χ1v) is 11.6. The second kappa shape index (κ2) is 8.15. The maximum absolute atomic E-state index is 13.5. The Morgan fingerprint density at radius 2 is 1.94 bits per heavy atom. The van der Waals surface area contributed by atoms with Gasteiger partial charge in [-0.05, 0) is 48.9 Å². The van der Waals surface area contributed by atoms with E-state index in [4.69, 9.17) is 4.42 Å². The predicted octanol–water partition coefficient (Wildman–Crippen LogP) is 4.95. The Labute approximate surface area is 189 Å². The Bertz CT molecular complexity index is 1050. The third kappa shape index (κ3) is 3.94. The topological polar surface area (TPSA) is 74.6 Å². The van der Waals surface area contributed by atoms with Crippen LogP contribution in [0.1, 0.15) is 64.2 Å². The smallest absolute Gasteiger partial charge is 0.239 e. The molecule has 2 aromatic rings. The monoisotopic (exact) mass is 433 g/mol. The molecule has 1 saturated carbocycles. The van der Waals surface area contributed by atoms with E-state index in [9.17, 15) is 9.59 Å². The maximum atomic E-state index is 13.5. The number of allylic oxidation sites excluding steroid dienone is 1. The SMILES string of the molecule is CC1(C)CC(=O)C2=C(C1)Nc1ccccc1N(CC(=O)NC1CCCC1)C2c1ccco1. The number of anilines is 2. The summed E-state index contributed by atoms with van der Waals surface area (Å²) in [6, 6.07) is 11.5. The minimum absolute atomic E-state index is 0.0177. The van der Waals surface area contributed by atoms with Gasteiger partial charge in [-0.2, -0.15) is 0 Å². The van der Waals surface area contributed by atoms with Crippen LogP contribution < -0.4 is 15.5 Å². The number of fused-ring (bicyclic) bond motifs is 1. The first-order valence-electron chi connectivity index (χ1n) is 11.6. The summed E-state index contributed by atoms with van der Waals surface area (Å²) in [6.07, 6.45) is 7.27. The maximum Gasteiger partial charge on any atom is 0.239 e. The van der Waals surface area contributed by atoms with Crippen LogP contribution in [0.3, 0.4) is 0 Å². The van der Waals surface area contributed by atoms with E-state index in [0.29, 0.717) is 17.8 Å². The number of furan rings is 1. The van der Waals surface area contributed by atoms with Gasteiger partial charge in [0.15, 0.2) is 5.78 Å². The standard InChI is InChI=1S/C26H31N3O3/c1-26(2)14-19-24(21(30)15-26)25(22-12-7-13-32-22)29(20-11-6-5-10-18(20)28-19)16-23(31)27-17-8-3-4-9-17/h5-7,10-13,17,25,28H,3-4,8-9,14-16H2,1-2H3,(H,27,31). The summed E-state index contributed by atoms with van der Waals surface area (Å²) in [7, 11) is 0. The van der Waals surface area contributed by atoms with E-state index in [1.807, 2.05) is 41.3 Å². The molecule has 5 rings (SSSR count). The van der Waals surface area contributed by atoms with Crippen LogP contribution in [0, 0.1) is 5.41 Å². The molecule has 1 atom stereocenters. The van der Waals surface area contributed by atoms with Crippen LogP contribution in [0.2, 0.25) is 0 Å². The van der Waals surface area contributed by atoms with E-state index in [1.165, 1.54) is 0 Å². The molecule has 168 valence electrons. The molecule has 2 aliphatic carbocycles. The molecule has 0 radical (unpaired) electrons. The zero-order valence-electron chi connectivity index (χ0n) is 18.8. The van der Waals surface area contributed by atoms with Crippen molar-refractivity contribution >= 4 is 23.1 Å². The second-order valence-corrected chi connectivity index (χ2v) is 10.1. The first-order chi connectivity index (χ1) is 15.4. The van der Waals surface area contributed by atoms with E-state index in [2.05, 4.69) is 24.5 Å². The number of nitrogens with zero attached hydrogens (tertiary/aromatic N) is 1. The van der Waals surface area contributed by atoms with E-state index >= 15 is 0 Å². The van der Waals surface area contributed by atoms with Crippen LogP contribution in [0.5, 0.6) is 0 Å². The van der Waals surface area contributed by atoms with Gasteiger partial charge in [-0.1, -0.05) is 38.8 Å². The molecule has 1 aliphatic heterocycles. The number of nitrogens with one attached hydrogen (secondary N) is 2. The van der Waals surface area contributed by atoms with Gasteiger partial charge in [0.05, 0.1) is 24.2 Å². The number of benzene rings is 1. The van der Waals surface area contributed by atoms with Gasteiger partial charge in [-0.25, -0.2) is 0 Å². The van der Waals surface area contributed by atoms with Gasteiger partial charge in [0.25, 0.3) is 0 Å². The first kappa shape index (κ1) is 20.9. The molecule has 3 aliphatic rings. The summed E-state index contributed by atoms with van der Waals surface area (Å²) in [5.41, 5.74) is 3.33. The van der Waals surface area contributed by atoms with Crippen molar-refractivity contribution in [3.05, 3.63) is 59.7 Å². The highest BCUT2D eigenvalue weighted by Gasteiger charge is 2.43. The third-order valence-corrected chi connectivity index (χ3v) is 6.85. The number of ketones is 1. The summed E-state index contributed by atoms with van der Waals surface area (Å²) in [6.45, 7) is 4.41. The number of amides is 1. The van der Waals surface area contributed by atoms with E-state index in [-0.39, 0.29) is 29.7 Å². The van der Waals surface area contributed by atoms with E-state index in [0.717, 1.165) is 49.2 Å². The van der Waals surface area contributed by atoms with Crippen molar-refractivity contribution in [2.75, 3.05) is 16.8 Å². The molecule has 6 nitrogen and oxygen atoms in total. The van der Waals surface area contributed by atoms with Gasteiger partial charge in [-0.15, -0.1) is 0 Å². The Kier molecular flexibility index (Phi) is 5.31. The minimum Gasteiger partial charge on any atom is -0.467 e. The average Bonchev–Trinajstić information content (AvgIpc) is 3.41. The summed E-state index contributed by atoms with van der Waals surface area (Å²) < 4.78 is 5.85. The van der Waals surface area contributed by atoms with Crippen LogP contribution in [0.4, 0.5) is 11.4 Å². The van der Waals surface area contributed by atoms with Crippen LogP contribution in [0.15, 0.2) is 58.3 Å². The van der Waals surface area contributed by atoms with Crippen molar-refractivity contribution in [2.45, 2.75) is 64.5 Å². The number of carbonyl (C=O) groups excluding carboxylic acids is 2. The van der Waals surface area contributed by atoms with Gasteiger partial charge in [0.1, 0.15) is 11.8 Å². The zero-order chi connectivity index (χ0) is 22.3. The van der Waals surface area contributed by atoms with Gasteiger partial charge in [0.2, 0.25) is 5.91 Å². The molecule has 1 unspecified atom stereocenters. The molecule has 0 bridgehead atoms. The molecular weight excluding hydrogens is 402 g/mol. The molecule has 1 amide bonds. The lowest BCUT2D eigenvalue weighted by Crippen LogP contribution is -2.44. The summed E-state index contributed by atoms with van der Waals surface area (Å²) in [5.74, 6) is 0.771. The minimum atomic E-state index is -0.450. The third-order valence-electron chi connectivity index (χ3n) is 6.85. The van der Waals surface area contributed by atoms with Crippen LogP contribution >= 0.6 is 0 Å². The van der Waals surface area contributed by atoms with Crippen LogP contribution in [0.25, 0.3) is 0 Å². The van der Waals surface area contributed by atoms with Gasteiger partial charge in [-0.3, -0.25) is 9.59 Å². The molecule has 2 heterocycles. The molecule has 2 N–H and O–H groups in total. The van der Waals surface area contributed by atoms with Crippen LogP contribution in [-0.2, 0) is 9.59 Å². The van der Waals surface area contributed by atoms with Gasteiger partial charge < -0.3 is 20.0 Å². The number of hydrogen-bond acceptors (Lipinski definition) is 5. The number of rotatable bonds is 4. The highest BCUT2D eigenvalue weighted by Crippen LogP contribution is 2.48. The summed E-state index contributed by atoms with van der Waals surface area (Å²) >= 11 is 0. The van der Waals surface area contributed by atoms with Gasteiger partial charge >= 0.3 is 0 Å². The van der Waals surface area contributed by atoms with Gasteiger partial charge in [0, 0.05) is 23.7 Å². The van der Waals surface area contributed by atoms with E-state index in [1.54, 1.807) is 6.26 Å². The van der Waals surface area contributed by atoms with Crippen molar-refractivity contribution in [3.8, 4) is 0 Å². The largest absolute Gasteiger partial charge is 0.467 e. The average molecular weight is 434 g/mol. The molecular formula is C26H31N3O3. The Morgan fingerprint density at radius 1 is 1.16 bits per heavy atom. The Balaban J connectivity index is 1.60. The molecule has 0 spiro atoms. The van der Waals surface area contributed by atoms with Crippen molar-refractivity contribution in [2.24, 2.45) is 5.41 Å². The number of hydrogen-bond donors (Lipinski definition) is 2. The fourth-order valence-corrected chi connectivity index (χ4v) is 5.47. The lowest BCUT2D eigenvalue weighted by molar-refractivity contribution is -0.121. The highest BCUT2D eigenvalue weighted by atomic mass is 16.3. The fraction of sp³-hybridized carbons (Fsp3) is 0.462. The van der Waals surface area contributed by atoms with E-state index < -0.39 is 6.04 Å². The predicted molar refractivity (Wildman–Crippen MR) is 124 cm³/mol. The van der Waals surface area contributed by atoms with Crippen LogP contribution in [-0.4, -0.2) is 24.3 Å². The summed E-state index contributed by atoms with van der Waals surface area (Å²) in [5, 5.41) is 6.77. The molecule has 6 heteroatoms. The van der Waals surface area contributed by atoms with Crippen molar-refractivity contribution < 1.29 is 14.0 Å². The fourth-order valence-electron chi connectivity index (χ4n) is 5.47. The number of carbonyl (C=O) groups is 2. The molecule has 32 heavy (non-hydrogen) atoms. The normalized spacial score (nSPS) is 22.8. The number of para-hydroxylation sites is 2. The quantitative estimate of drug-likeness (QED) is 0.713. The molecule has 0 saturated heterocycles. The Hall–Kier alpha value is -3.02. The summed E-state index contributed by atoms with van der Waals surface area (Å²) in [4.78, 5) is 28.7. The molecule has 1 aromatic heterocycles. The Morgan fingerprint density at radius 3 is 2.69 bits per heavy atom. The highest BCUT2D eigenvalue weighted by molar-refractivity contribution is 6.01. The second-order valence-electron chi connectivity index (χ2n) is 10.1. The molecule has 1 aromatic carbocycles. The number of Topliss-reactive ketones (excluding diaryl/α,β-unsaturated/α-hetero) is 1. The lowest BCUT2D eigenvalue weighted by Gasteiger charge is -2.36. The van der Waals surface area contributed by atoms with Crippen molar-refractivity contribution in [1.29, 1.82) is 0 Å². The zero-order valence-corrected chi connectivity index (χ0v) is 18.8.